The molecule has 0 spiro atoms. The van der Waals surface area contributed by atoms with E-state index in [1.807, 2.05) is 0 Å². The van der Waals surface area contributed by atoms with Crippen LogP contribution in [0, 0.1) is 5.92 Å². The van der Waals surface area contributed by atoms with Crippen LogP contribution in [0.5, 0.6) is 0 Å². The minimum atomic E-state index is -0.0449. The molecule has 0 radical (unpaired) electrons. The van der Waals surface area contributed by atoms with Gasteiger partial charge >= 0.3 is 0 Å². The number of ether oxygens (including phenoxy) is 1. The fourth-order valence-electron chi connectivity index (χ4n) is 3.33. The highest BCUT2D eigenvalue weighted by Crippen LogP contribution is 2.38. The summed E-state index contributed by atoms with van der Waals surface area (Å²) in [6, 6.07) is 2.39. The van der Waals surface area contributed by atoms with E-state index in [4.69, 9.17) is 4.74 Å². The van der Waals surface area contributed by atoms with Crippen molar-refractivity contribution >= 4 is 17.2 Å². The zero-order chi connectivity index (χ0) is 15.0. The van der Waals surface area contributed by atoms with Crippen LogP contribution in [-0.4, -0.2) is 36.1 Å². The Balaban J connectivity index is 1.78. The van der Waals surface area contributed by atoms with Gasteiger partial charge in [-0.2, -0.15) is 11.3 Å². The highest BCUT2D eigenvalue weighted by atomic mass is 32.1. The third-order valence-corrected chi connectivity index (χ3v) is 5.25. The molecule has 1 saturated heterocycles. The van der Waals surface area contributed by atoms with Gasteiger partial charge in [0, 0.05) is 13.2 Å². The van der Waals surface area contributed by atoms with Crippen molar-refractivity contribution in [2.75, 3.05) is 7.11 Å². The Kier molecular flexibility index (Phi) is 4.33. The Morgan fingerprint density at radius 2 is 2.24 bits per heavy atom. The first-order valence-corrected chi connectivity index (χ1v) is 8.67. The van der Waals surface area contributed by atoms with Gasteiger partial charge in [0.2, 0.25) is 5.91 Å². The molecule has 21 heavy (non-hydrogen) atoms. The van der Waals surface area contributed by atoms with E-state index >= 15 is 0 Å². The Labute approximate surface area is 130 Å². The third-order valence-electron chi connectivity index (χ3n) is 4.55. The van der Waals surface area contributed by atoms with Gasteiger partial charge in [-0.05, 0) is 47.6 Å². The van der Waals surface area contributed by atoms with Gasteiger partial charge in [0.25, 0.3) is 0 Å². The van der Waals surface area contributed by atoms with Crippen LogP contribution in [0.15, 0.2) is 16.8 Å². The Morgan fingerprint density at radius 1 is 1.48 bits per heavy atom. The molecule has 1 aliphatic carbocycles. The van der Waals surface area contributed by atoms with Crippen LogP contribution in [0.3, 0.4) is 0 Å². The van der Waals surface area contributed by atoms with Gasteiger partial charge in [-0.15, -0.1) is 0 Å². The summed E-state index contributed by atoms with van der Waals surface area (Å²) < 4.78 is 5.37. The number of hydrogen-bond donors (Lipinski definition) is 1. The fourth-order valence-corrected chi connectivity index (χ4v) is 4.00. The van der Waals surface area contributed by atoms with Gasteiger partial charge in [0.15, 0.2) is 0 Å². The van der Waals surface area contributed by atoms with Crippen molar-refractivity contribution in [2.24, 2.45) is 5.92 Å². The Bertz CT molecular complexity index is 482. The molecule has 2 fully saturated rings. The number of thiophene rings is 1. The molecule has 2 atom stereocenters. The SMILES string of the molecule is COC1CC(N2C(=O)C(CC(C)C)NC2c2ccsc2)C1. The fraction of sp³-hybridized carbons (Fsp3) is 0.688. The van der Waals surface area contributed by atoms with E-state index in [1.165, 1.54) is 5.56 Å². The topological polar surface area (TPSA) is 41.6 Å². The van der Waals surface area contributed by atoms with Crippen LogP contribution in [0.1, 0.15) is 44.8 Å². The average Bonchev–Trinajstić information content (AvgIpc) is 2.99. The minimum absolute atomic E-state index is 0.0373. The molecule has 1 saturated carbocycles. The summed E-state index contributed by atoms with van der Waals surface area (Å²) in [4.78, 5) is 14.9. The molecular formula is C16H24N2O2S. The number of rotatable bonds is 5. The first-order chi connectivity index (χ1) is 10.1. The molecule has 0 bridgehead atoms. The number of carbonyl (C=O) groups excluding carboxylic acids is 1. The number of carbonyl (C=O) groups is 1. The number of amides is 1. The number of nitrogens with zero attached hydrogens (tertiary/aromatic N) is 1. The smallest absolute Gasteiger partial charge is 0.241 e. The zero-order valence-corrected chi connectivity index (χ0v) is 13.7. The lowest BCUT2D eigenvalue weighted by Gasteiger charge is -2.42. The Hall–Kier alpha value is -0.910. The molecule has 1 aromatic rings. The van der Waals surface area contributed by atoms with Crippen molar-refractivity contribution in [1.29, 1.82) is 0 Å². The van der Waals surface area contributed by atoms with Crippen LogP contribution in [0.2, 0.25) is 0 Å². The van der Waals surface area contributed by atoms with Crippen molar-refractivity contribution in [1.82, 2.24) is 10.2 Å². The molecule has 1 aromatic heterocycles. The molecule has 116 valence electrons. The molecule has 4 nitrogen and oxygen atoms in total. The van der Waals surface area contributed by atoms with Crippen LogP contribution in [-0.2, 0) is 9.53 Å². The summed E-state index contributed by atoms with van der Waals surface area (Å²) in [6.07, 6.45) is 3.17. The van der Waals surface area contributed by atoms with Crippen molar-refractivity contribution in [3.8, 4) is 0 Å². The molecule has 1 N–H and O–H groups in total. The van der Waals surface area contributed by atoms with E-state index in [0.717, 1.165) is 19.3 Å². The zero-order valence-electron chi connectivity index (χ0n) is 12.9. The predicted molar refractivity (Wildman–Crippen MR) is 84.1 cm³/mol. The molecular weight excluding hydrogens is 284 g/mol. The van der Waals surface area contributed by atoms with Gasteiger partial charge in [0.05, 0.1) is 12.1 Å². The van der Waals surface area contributed by atoms with Crippen LogP contribution in [0.25, 0.3) is 0 Å². The first kappa shape index (κ1) is 15.0. The maximum atomic E-state index is 12.8. The highest BCUT2D eigenvalue weighted by Gasteiger charge is 2.47. The molecule has 2 aliphatic rings. The molecule has 2 heterocycles. The second kappa shape index (κ2) is 6.07. The largest absolute Gasteiger partial charge is 0.381 e. The standard InChI is InChI=1S/C16H24N2O2S/c1-10(2)6-14-16(19)18(12-7-13(8-12)20-3)15(17-14)11-4-5-21-9-11/h4-5,9-10,12-15,17H,6-8H2,1-3H3. The van der Waals surface area contributed by atoms with E-state index in [2.05, 4.69) is 40.9 Å². The average molecular weight is 308 g/mol. The van der Waals surface area contributed by atoms with Gasteiger partial charge in [0.1, 0.15) is 6.17 Å². The van der Waals surface area contributed by atoms with Crippen LogP contribution in [0.4, 0.5) is 0 Å². The van der Waals surface area contributed by atoms with Gasteiger partial charge in [-0.1, -0.05) is 13.8 Å². The molecule has 5 heteroatoms. The van der Waals surface area contributed by atoms with Gasteiger partial charge < -0.3 is 9.64 Å². The summed E-state index contributed by atoms with van der Waals surface area (Å²) in [5, 5.41) is 7.77. The van der Waals surface area contributed by atoms with E-state index in [-0.39, 0.29) is 18.1 Å². The van der Waals surface area contributed by atoms with E-state index in [1.54, 1.807) is 18.4 Å². The molecule has 1 aliphatic heterocycles. The lowest BCUT2D eigenvalue weighted by atomic mass is 9.87. The molecule has 0 aromatic carbocycles. The minimum Gasteiger partial charge on any atom is -0.381 e. The maximum absolute atomic E-state index is 12.8. The maximum Gasteiger partial charge on any atom is 0.241 e. The number of hydrogen-bond acceptors (Lipinski definition) is 4. The first-order valence-electron chi connectivity index (χ1n) is 7.73. The molecule has 1 amide bonds. The lowest BCUT2D eigenvalue weighted by molar-refractivity contribution is -0.138. The molecule has 3 rings (SSSR count). The van der Waals surface area contributed by atoms with E-state index < -0.39 is 0 Å². The summed E-state index contributed by atoms with van der Waals surface area (Å²) in [5.74, 6) is 0.780. The van der Waals surface area contributed by atoms with Gasteiger partial charge in [-0.3, -0.25) is 10.1 Å². The normalized spacial score (nSPS) is 32.8. The summed E-state index contributed by atoms with van der Waals surface area (Å²) in [6.45, 7) is 4.34. The lowest BCUT2D eigenvalue weighted by Crippen LogP contribution is -2.50. The van der Waals surface area contributed by atoms with Crippen molar-refractivity contribution in [2.45, 2.75) is 57.5 Å². The second-order valence-electron chi connectivity index (χ2n) is 6.54. The number of methoxy groups -OCH3 is 1. The van der Waals surface area contributed by atoms with E-state index in [0.29, 0.717) is 18.1 Å². The predicted octanol–water partition coefficient (Wildman–Crippen LogP) is 2.77. The summed E-state index contributed by atoms with van der Waals surface area (Å²) in [5.41, 5.74) is 1.21. The monoisotopic (exact) mass is 308 g/mol. The van der Waals surface area contributed by atoms with Gasteiger partial charge in [-0.25, -0.2) is 0 Å². The van der Waals surface area contributed by atoms with E-state index in [9.17, 15) is 4.79 Å². The number of nitrogens with one attached hydrogen (secondary N) is 1. The van der Waals surface area contributed by atoms with Crippen molar-refractivity contribution in [3.63, 3.8) is 0 Å². The third kappa shape index (κ3) is 2.87. The van der Waals surface area contributed by atoms with Crippen LogP contribution < -0.4 is 5.32 Å². The summed E-state index contributed by atoms with van der Waals surface area (Å²) in [7, 11) is 1.75. The summed E-state index contributed by atoms with van der Waals surface area (Å²) >= 11 is 1.68. The Morgan fingerprint density at radius 3 is 2.81 bits per heavy atom. The quantitative estimate of drug-likeness (QED) is 0.909. The highest BCUT2D eigenvalue weighted by molar-refractivity contribution is 7.07. The van der Waals surface area contributed by atoms with Crippen molar-refractivity contribution < 1.29 is 9.53 Å². The van der Waals surface area contributed by atoms with Crippen molar-refractivity contribution in [3.05, 3.63) is 22.4 Å². The molecule has 2 unspecified atom stereocenters. The second-order valence-corrected chi connectivity index (χ2v) is 7.32. The van der Waals surface area contributed by atoms with Crippen LogP contribution >= 0.6 is 11.3 Å².